The molecule has 114 valence electrons. The molecular formula is C17H14N4OS. The summed E-state index contributed by atoms with van der Waals surface area (Å²) < 4.78 is 5.25. The number of aryl methyl sites for hydroxylation is 2. The van der Waals surface area contributed by atoms with Gasteiger partial charge in [-0.15, -0.1) is 11.3 Å². The van der Waals surface area contributed by atoms with E-state index in [1.165, 1.54) is 16.7 Å². The summed E-state index contributed by atoms with van der Waals surface area (Å²) in [6.07, 6.45) is 5.02. The van der Waals surface area contributed by atoms with E-state index in [1.807, 2.05) is 6.07 Å². The Morgan fingerprint density at radius 2 is 1.96 bits per heavy atom. The van der Waals surface area contributed by atoms with E-state index in [-0.39, 0.29) is 0 Å². The third kappa shape index (κ3) is 2.80. The van der Waals surface area contributed by atoms with E-state index in [4.69, 9.17) is 10.2 Å². The first kappa shape index (κ1) is 13.9. The van der Waals surface area contributed by atoms with Crippen LogP contribution in [0.15, 0.2) is 53.3 Å². The van der Waals surface area contributed by atoms with Crippen LogP contribution in [0, 0.1) is 0 Å². The number of hydrogen-bond donors (Lipinski definition) is 1. The van der Waals surface area contributed by atoms with Gasteiger partial charge in [0.25, 0.3) is 5.89 Å². The zero-order valence-corrected chi connectivity index (χ0v) is 13.1. The molecule has 1 aromatic carbocycles. The number of oxazole rings is 1. The molecule has 4 rings (SSSR count). The topological polar surface area (TPSA) is 77.8 Å². The van der Waals surface area contributed by atoms with Crippen molar-refractivity contribution in [2.24, 2.45) is 0 Å². The molecule has 5 nitrogen and oxygen atoms in total. The van der Waals surface area contributed by atoms with Gasteiger partial charge in [-0.05, 0) is 24.5 Å². The van der Waals surface area contributed by atoms with Crippen LogP contribution in [0.25, 0.3) is 21.9 Å². The summed E-state index contributed by atoms with van der Waals surface area (Å²) in [5.41, 5.74) is 7.39. The number of benzene rings is 1. The maximum atomic E-state index is 6.07. The molecule has 0 unspecified atom stereocenters. The van der Waals surface area contributed by atoms with E-state index in [9.17, 15) is 0 Å². The molecule has 4 aromatic rings. The van der Waals surface area contributed by atoms with Gasteiger partial charge in [-0.2, -0.15) is 0 Å². The number of nitrogens with zero attached hydrogens (tertiary/aromatic N) is 3. The normalized spacial score (nSPS) is 11.1. The van der Waals surface area contributed by atoms with Crippen molar-refractivity contribution in [2.75, 3.05) is 5.73 Å². The van der Waals surface area contributed by atoms with Gasteiger partial charge in [0.15, 0.2) is 0 Å². The molecule has 6 heteroatoms. The molecule has 0 amide bonds. The first-order valence-corrected chi connectivity index (χ1v) is 8.11. The van der Waals surface area contributed by atoms with Gasteiger partial charge in [-0.1, -0.05) is 30.3 Å². The lowest BCUT2D eigenvalue weighted by atomic mass is 10.1. The fourth-order valence-corrected chi connectivity index (χ4v) is 3.49. The number of aromatic nitrogens is 3. The van der Waals surface area contributed by atoms with Gasteiger partial charge in [0, 0.05) is 4.88 Å². The van der Waals surface area contributed by atoms with Crippen molar-refractivity contribution in [2.45, 2.75) is 12.8 Å². The second kappa shape index (κ2) is 5.81. The molecule has 3 aromatic heterocycles. The molecule has 0 spiro atoms. The van der Waals surface area contributed by atoms with E-state index in [1.54, 1.807) is 17.5 Å². The van der Waals surface area contributed by atoms with Crippen molar-refractivity contribution in [3.05, 3.63) is 59.3 Å². The van der Waals surface area contributed by atoms with Crippen LogP contribution in [-0.2, 0) is 12.8 Å². The lowest BCUT2D eigenvalue weighted by molar-refractivity contribution is 0.569. The van der Waals surface area contributed by atoms with Gasteiger partial charge in [0.05, 0.1) is 11.6 Å². The third-order valence-corrected chi connectivity index (χ3v) is 4.69. The summed E-state index contributed by atoms with van der Waals surface area (Å²) in [5.74, 6) is 1.28. The van der Waals surface area contributed by atoms with Crippen molar-refractivity contribution in [3.63, 3.8) is 0 Å². The molecular weight excluding hydrogens is 308 g/mol. The highest BCUT2D eigenvalue weighted by molar-refractivity contribution is 7.18. The summed E-state index contributed by atoms with van der Waals surface area (Å²) in [6, 6.07) is 12.5. The standard InChI is InChI=1S/C17H14N4OS/c18-14-13-10-12(7-6-11-4-2-1-3-5-11)23-17(13)21-15(20-14)16-19-8-9-22-16/h1-5,8-10H,6-7H2,(H2,18,20,21). The van der Waals surface area contributed by atoms with Gasteiger partial charge < -0.3 is 10.2 Å². The predicted molar refractivity (Wildman–Crippen MR) is 91.2 cm³/mol. The molecule has 0 saturated carbocycles. The Balaban J connectivity index is 1.64. The second-order valence-electron chi connectivity index (χ2n) is 5.19. The number of thiophene rings is 1. The van der Waals surface area contributed by atoms with Crippen LogP contribution < -0.4 is 5.73 Å². The highest BCUT2D eigenvalue weighted by atomic mass is 32.1. The number of rotatable bonds is 4. The van der Waals surface area contributed by atoms with Gasteiger partial charge >= 0.3 is 0 Å². The van der Waals surface area contributed by atoms with Gasteiger partial charge in [-0.25, -0.2) is 15.0 Å². The smallest absolute Gasteiger partial charge is 0.264 e. The first-order chi connectivity index (χ1) is 11.3. The fraction of sp³-hybridized carbons (Fsp3) is 0.118. The minimum atomic E-state index is 0.387. The minimum absolute atomic E-state index is 0.387. The molecule has 0 bridgehead atoms. The Hall–Kier alpha value is -2.73. The van der Waals surface area contributed by atoms with E-state index < -0.39 is 0 Å². The average Bonchev–Trinajstić information content (AvgIpc) is 3.23. The molecule has 2 N–H and O–H groups in total. The van der Waals surface area contributed by atoms with Gasteiger partial charge in [0.2, 0.25) is 5.82 Å². The third-order valence-electron chi connectivity index (χ3n) is 3.60. The quantitative estimate of drug-likeness (QED) is 0.619. The average molecular weight is 322 g/mol. The number of nitrogens with two attached hydrogens (primary N) is 1. The summed E-state index contributed by atoms with van der Waals surface area (Å²) in [6.45, 7) is 0. The summed E-state index contributed by atoms with van der Waals surface area (Å²) in [4.78, 5) is 15.0. The SMILES string of the molecule is Nc1nc(-c2ncco2)nc2sc(CCc3ccccc3)cc12. The summed E-state index contributed by atoms with van der Waals surface area (Å²) in [7, 11) is 0. The molecule has 0 aliphatic carbocycles. The fourth-order valence-electron chi connectivity index (χ4n) is 2.46. The first-order valence-electron chi connectivity index (χ1n) is 7.29. The van der Waals surface area contributed by atoms with Crippen LogP contribution in [0.3, 0.4) is 0 Å². The molecule has 23 heavy (non-hydrogen) atoms. The molecule has 0 saturated heterocycles. The lowest BCUT2D eigenvalue weighted by Gasteiger charge is -1.98. The highest BCUT2D eigenvalue weighted by Gasteiger charge is 2.13. The van der Waals surface area contributed by atoms with E-state index in [2.05, 4.69) is 45.3 Å². The monoisotopic (exact) mass is 322 g/mol. The van der Waals surface area contributed by atoms with Gasteiger partial charge in [-0.3, -0.25) is 0 Å². The zero-order chi connectivity index (χ0) is 15.6. The zero-order valence-electron chi connectivity index (χ0n) is 12.3. The Morgan fingerprint density at radius 3 is 2.74 bits per heavy atom. The molecule has 0 aliphatic rings. The van der Waals surface area contributed by atoms with Crippen LogP contribution in [-0.4, -0.2) is 15.0 Å². The van der Waals surface area contributed by atoms with Crippen LogP contribution in [0.5, 0.6) is 0 Å². The number of hydrogen-bond acceptors (Lipinski definition) is 6. The largest absolute Gasteiger partial charge is 0.442 e. The van der Waals surface area contributed by atoms with Crippen molar-refractivity contribution in [3.8, 4) is 11.7 Å². The van der Waals surface area contributed by atoms with Crippen LogP contribution in [0.4, 0.5) is 5.82 Å². The van der Waals surface area contributed by atoms with Crippen LogP contribution >= 0.6 is 11.3 Å². The molecule has 0 fully saturated rings. The van der Waals surface area contributed by atoms with Crippen LogP contribution in [0.1, 0.15) is 10.4 Å². The maximum absolute atomic E-state index is 6.07. The molecule has 0 atom stereocenters. The lowest BCUT2D eigenvalue weighted by Crippen LogP contribution is -1.95. The second-order valence-corrected chi connectivity index (χ2v) is 6.30. The van der Waals surface area contributed by atoms with E-state index in [0.717, 1.165) is 23.1 Å². The Bertz CT molecular complexity index is 932. The van der Waals surface area contributed by atoms with Crippen molar-refractivity contribution < 1.29 is 4.42 Å². The van der Waals surface area contributed by atoms with Crippen molar-refractivity contribution in [1.29, 1.82) is 0 Å². The maximum Gasteiger partial charge on any atom is 0.264 e. The molecule has 0 radical (unpaired) electrons. The van der Waals surface area contributed by atoms with Crippen molar-refractivity contribution in [1.82, 2.24) is 15.0 Å². The number of anilines is 1. The molecule has 0 aliphatic heterocycles. The predicted octanol–water partition coefficient (Wildman–Crippen LogP) is 3.71. The number of fused-ring (bicyclic) bond motifs is 1. The summed E-state index contributed by atoms with van der Waals surface area (Å²) >= 11 is 1.64. The Morgan fingerprint density at radius 1 is 1.09 bits per heavy atom. The number of nitrogen functional groups attached to an aromatic ring is 1. The molecule has 3 heterocycles. The summed E-state index contributed by atoms with van der Waals surface area (Å²) in [5, 5.41) is 0.897. The van der Waals surface area contributed by atoms with Crippen molar-refractivity contribution >= 4 is 27.4 Å². The minimum Gasteiger partial charge on any atom is -0.442 e. The highest BCUT2D eigenvalue weighted by Crippen LogP contribution is 2.30. The Kier molecular flexibility index (Phi) is 3.51. The Labute approximate surface area is 136 Å². The van der Waals surface area contributed by atoms with Crippen LogP contribution in [0.2, 0.25) is 0 Å². The van der Waals surface area contributed by atoms with Gasteiger partial charge in [0.1, 0.15) is 16.9 Å². The van der Waals surface area contributed by atoms with E-state index in [0.29, 0.717) is 17.5 Å². The van der Waals surface area contributed by atoms with E-state index >= 15 is 0 Å².